The lowest BCUT2D eigenvalue weighted by atomic mass is 10.1. The van der Waals surface area contributed by atoms with E-state index in [0.717, 1.165) is 11.3 Å². The molecule has 2 N–H and O–H groups in total. The SMILES string of the molecule is C[C@H](NC(=O)NCc1ccnn1C)c1cccc(Cl)c1. The summed E-state index contributed by atoms with van der Waals surface area (Å²) in [6.45, 7) is 2.35. The standard InChI is InChI=1S/C14H17ClN4O/c1-10(11-4-3-5-12(15)8-11)18-14(20)16-9-13-6-7-17-19(13)2/h3-8,10H,9H2,1-2H3,(H2,16,18,20)/t10-/m0/s1. The number of hydrogen-bond donors (Lipinski definition) is 2. The molecule has 0 saturated carbocycles. The Kier molecular flexibility index (Phi) is 4.63. The van der Waals surface area contributed by atoms with E-state index in [9.17, 15) is 4.79 Å². The summed E-state index contributed by atoms with van der Waals surface area (Å²) in [4.78, 5) is 11.8. The number of halogens is 1. The quantitative estimate of drug-likeness (QED) is 0.910. The summed E-state index contributed by atoms with van der Waals surface area (Å²) in [5, 5.41) is 10.4. The van der Waals surface area contributed by atoms with Gasteiger partial charge < -0.3 is 10.6 Å². The molecular formula is C14H17ClN4O. The third-order valence-corrected chi connectivity index (χ3v) is 3.28. The summed E-state index contributed by atoms with van der Waals surface area (Å²) >= 11 is 5.93. The number of aryl methyl sites for hydroxylation is 1. The first kappa shape index (κ1) is 14.4. The summed E-state index contributed by atoms with van der Waals surface area (Å²) in [5.74, 6) is 0. The average molecular weight is 293 g/mol. The second kappa shape index (κ2) is 6.43. The summed E-state index contributed by atoms with van der Waals surface area (Å²) in [5.41, 5.74) is 1.91. The molecule has 0 radical (unpaired) electrons. The molecule has 2 amide bonds. The Labute approximate surface area is 122 Å². The molecule has 1 heterocycles. The van der Waals surface area contributed by atoms with Crippen LogP contribution < -0.4 is 10.6 Å². The third kappa shape index (κ3) is 3.74. The zero-order valence-electron chi connectivity index (χ0n) is 11.4. The van der Waals surface area contributed by atoms with E-state index in [4.69, 9.17) is 11.6 Å². The van der Waals surface area contributed by atoms with Crippen molar-refractivity contribution in [1.82, 2.24) is 20.4 Å². The molecule has 0 aliphatic rings. The van der Waals surface area contributed by atoms with Crippen LogP contribution in [0.5, 0.6) is 0 Å². The van der Waals surface area contributed by atoms with E-state index >= 15 is 0 Å². The van der Waals surface area contributed by atoms with Crippen LogP contribution in [0.3, 0.4) is 0 Å². The average Bonchev–Trinajstić information content (AvgIpc) is 2.82. The number of carbonyl (C=O) groups is 1. The highest BCUT2D eigenvalue weighted by Gasteiger charge is 2.10. The number of rotatable bonds is 4. The smallest absolute Gasteiger partial charge is 0.315 e. The molecule has 0 spiro atoms. The number of nitrogens with zero attached hydrogens (tertiary/aromatic N) is 2. The predicted octanol–water partition coefficient (Wildman–Crippen LogP) is 2.63. The fourth-order valence-electron chi connectivity index (χ4n) is 1.85. The lowest BCUT2D eigenvalue weighted by Gasteiger charge is -2.15. The fraction of sp³-hybridized carbons (Fsp3) is 0.286. The molecule has 0 bridgehead atoms. The predicted molar refractivity (Wildman–Crippen MR) is 78.4 cm³/mol. The van der Waals surface area contributed by atoms with Gasteiger partial charge in [0.15, 0.2) is 0 Å². The lowest BCUT2D eigenvalue weighted by Crippen LogP contribution is -2.37. The second-order valence-corrected chi connectivity index (χ2v) is 4.99. The van der Waals surface area contributed by atoms with Gasteiger partial charge >= 0.3 is 6.03 Å². The van der Waals surface area contributed by atoms with Crippen LogP contribution in [0.1, 0.15) is 24.2 Å². The van der Waals surface area contributed by atoms with Crippen molar-refractivity contribution in [1.29, 1.82) is 0 Å². The molecule has 2 aromatic rings. The highest BCUT2D eigenvalue weighted by Crippen LogP contribution is 2.17. The third-order valence-electron chi connectivity index (χ3n) is 3.05. The van der Waals surface area contributed by atoms with Crippen molar-refractivity contribution >= 4 is 17.6 Å². The first-order valence-electron chi connectivity index (χ1n) is 6.33. The largest absolute Gasteiger partial charge is 0.333 e. The van der Waals surface area contributed by atoms with E-state index in [1.54, 1.807) is 16.9 Å². The number of amides is 2. The minimum absolute atomic E-state index is 0.111. The summed E-state index contributed by atoms with van der Waals surface area (Å²) in [6.07, 6.45) is 1.70. The van der Waals surface area contributed by atoms with Crippen LogP contribution in [0, 0.1) is 0 Å². The van der Waals surface area contributed by atoms with Gasteiger partial charge in [0, 0.05) is 18.3 Å². The van der Waals surface area contributed by atoms with Crippen molar-refractivity contribution in [3.8, 4) is 0 Å². The van der Waals surface area contributed by atoms with Crippen molar-refractivity contribution in [2.75, 3.05) is 0 Å². The molecule has 0 aliphatic heterocycles. The van der Waals surface area contributed by atoms with Gasteiger partial charge in [0.2, 0.25) is 0 Å². The second-order valence-electron chi connectivity index (χ2n) is 4.55. The maximum absolute atomic E-state index is 11.8. The van der Waals surface area contributed by atoms with Crippen molar-refractivity contribution in [2.24, 2.45) is 7.05 Å². The maximum atomic E-state index is 11.8. The molecule has 0 fully saturated rings. The van der Waals surface area contributed by atoms with Gasteiger partial charge in [-0.25, -0.2) is 4.79 Å². The first-order chi connectivity index (χ1) is 9.56. The van der Waals surface area contributed by atoms with Gasteiger partial charge in [-0.15, -0.1) is 0 Å². The van der Waals surface area contributed by atoms with Crippen LogP contribution in [-0.4, -0.2) is 15.8 Å². The number of aromatic nitrogens is 2. The Balaban J connectivity index is 1.87. The molecule has 106 valence electrons. The van der Waals surface area contributed by atoms with Gasteiger partial charge in [-0.1, -0.05) is 23.7 Å². The van der Waals surface area contributed by atoms with E-state index < -0.39 is 0 Å². The molecular weight excluding hydrogens is 276 g/mol. The Morgan fingerprint density at radius 1 is 1.45 bits per heavy atom. The fourth-order valence-corrected chi connectivity index (χ4v) is 2.05. The van der Waals surface area contributed by atoms with Crippen molar-refractivity contribution in [3.05, 3.63) is 52.8 Å². The van der Waals surface area contributed by atoms with E-state index in [-0.39, 0.29) is 12.1 Å². The van der Waals surface area contributed by atoms with E-state index in [1.807, 2.05) is 38.2 Å². The molecule has 2 rings (SSSR count). The van der Waals surface area contributed by atoms with Crippen molar-refractivity contribution in [3.63, 3.8) is 0 Å². The van der Waals surface area contributed by atoms with Crippen LogP contribution in [0.15, 0.2) is 36.5 Å². The van der Waals surface area contributed by atoms with Gasteiger partial charge in [0.1, 0.15) is 0 Å². The van der Waals surface area contributed by atoms with Gasteiger partial charge in [-0.2, -0.15) is 5.10 Å². The number of nitrogens with one attached hydrogen (secondary N) is 2. The number of benzene rings is 1. The minimum atomic E-state index is -0.223. The van der Waals surface area contributed by atoms with Gasteiger partial charge in [0.05, 0.1) is 18.3 Å². The Hall–Kier alpha value is -2.01. The van der Waals surface area contributed by atoms with Crippen LogP contribution in [-0.2, 0) is 13.6 Å². The Morgan fingerprint density at radius 3 is 2.90 bits per heavy atom. The molecule has 0 unspecified atom stereocenters. The molecule has 20 heavy (non-hydrogen) atoms. The molecule has 0 saturated heterocycles. The topological polar surface area (TPSA) is 59.0 Å². The van der Waals surface area contributed by atoms with E-state index in [0.29, 0.717) is 11.6 Å². The molecule has 1 aromatic carbocycles. The summed E-state index contributed by atoms with van der Waals surface area (Å²) < 4.78 is 1.72. The van der Waals surface area contributed by atoms with Crippen LogP contribution >= 0.6 is 11.6 Å². The van der Waals surface area contributed by atoms with Crippen molar-refractivity contribution < 1.29 is 4.79 Å². The number of urea groups is 1. The molecule has 6 heteroatoms. The minimum Gasteiger partial charge on any atom is -0.333 e. The summed E-state index contributed by atoms with van der Waals surface area (Å²) in [6, 6.07) is 8.97. The van der Waals surface area contributed by atoms with Gasteiger partial charge in [0.25, 0.3) is 0 Å². The van der Waals surface area contributed by atoms with E-state index in [1.165, 1.54) is 0 Å². The molecule has 1 atom stereocenters. The van der Waals surface area contributed by atoms with Gasteiger partial charge in [-0.3, -0.25) is 4.68 Å². The molecule has 1 aromatic heterocycles. The molecule has 5 nitrogen and oxygen atoms in total. The van der Waals surface area contributed by atoms with Crippen molar-refractivity contribution in [2.45, 2.75) is 19.5 Å². The van der Waals surface area contributed by atoms with Gasteiger partial charge in [-0.05, 0) is 30.7 Å². The summed E-state index contributed by atoms with van der Waals surface area (Å²) in [7, 11) is 1.84. The lowest BCUT2D eigenvalue weighted by molar-refractivity contribution is 0.237. The monoisotopic (exact) mass is 292 g/mol. The maximum Gasteiger partial charge on any atom is 0.315 e. The normalized spacial score (nSPS) is 11.9. The zero-order valence-corrected chi connectivity index (χ0v) is 12.2. The number of carbonyl (C=O) groups excluding carboxylic acids is 1. The highest BCUT2D eigenvalue weighted by atomic mass is 35.5. The number of hydrogen-bond acceptors (Lipinski definition) is 2. The van der Waals surface area contributed by atoms with E-state index in [2.05, 4.69) is 15.7 Å². The first-order valence-corrected chi connectivity index (χ1v) is 6.71. The highest BCUT2D eigenvalue weighted by molar-refractivity contribution is 6.30. The Morgan fingerprint density at radius 2 is 2.25 bits per heavy atom. The van der Waals surface area contributed by atoms with Crippen LogP contribution in [0.2, 0.25) is 5.02 Å². The zero-order chi connectivity index (χ0) is 14.5. The Bertz CT molecular complexity index is 596. The molecule has 0 aliphatic carbocycles. The van der Waals surface area contributed by atoms with Crippen LogP contribution in [0.4, 0.5) is 4.79 Å². The van der Waals surface area contributed by atoms with Crippen LogP contribution in [0.25, 0.3) is 0 Å².